The molecule has 5 rings (SSSR count). The molecule has 1 heterocycles. The van der Waals surface area contributed by atoms with E-state index in [2.05, 4.69) is 27.7 Å². The summed E-state index contributed by atoms with van der Waals surface area (Å²) in [5, 5.41) is 15.4. The highest BCUT2D eigenvalue weighted by molar-refractivity contribution is 6.32. The van der Waals surface area contributed by atoms with Crippen LogP contribution in [0, 0.1) is 5.92 Å². The fourth-order valence-corrected chi connectivity index (χ4v) is 5.08. The maximum Gasteiger partial charge on any atom is 0.271 e. The number of ether oxygens (including phenoxy) is 1. The number of phenols is 1. The topological polar surface area (TPSA) is 104 Å². The Balaban J connectivity index is 1.28. The molecule has 42 heavy (non-hydrogen) atoms. The number of rotatable bonds is 10. The van der Waals surface area contributed by atoms with Crippen LogP contribution in [0.1, 0.15) is 40.9 Å². The molecule has 1 aliphatic carbocycles. The molecular formula is C33H31ClN4O4. The van der Waals surface area contributed by atoms with Crippen molar-refractivity contribution in [3.8, 4) is 11.5 Å². The highest BCUT2D eigenvalue weighted by atomic mass is 35.5. The van der Waals surface area contributed by atoms with Crippen molar-refractivity contribution in [1.29, 1.82) is 0 Å². The SMILES string of the molecule is O=C(N/N=C/c1ccc(OCC(=O)N(Cc2ccccn2)CC2C=CCCC2)c2ccccc12)c1ccc(O)c(Cl)c1. The first kappa shape index (κ1) is 28.8. The van der Waals surface area contributed by atoms with Crippen molar-refractivity contribution >= 4 is 40.4 Å². The molecule has 0 bridgehead atoms. The van der Waals surface area contributed by atoms with Crippen molar-refractivity contribution < 1.29 is 19.4 Å². The Morgan fingerprint density at radius 2 is 1.93 bits per heavy atom. The third-order valence-corrected chi connectivity index (χ3v) is 7.39. The van der Waals surface area contributed by atoms with Crippen LogP contribution in [0.3, 0.4) is 0 Å². The average molecular weight is 583 g/mol. The summed E-state index contributed by atoms with van der Waals surface area (Å²) in [6.07, 6.45) is 10.9. The number of benzene rings is 3. The van der Waals surface area contributed by atoms with Crippen molar-refractivity contribution in [2.45, 2.75) is 25.8 Å². The zero-order valence-corrected chi connectivity index (χ0v) is 23.7. The van der Waals surface area contributed by atoms with Crippen molar-refractivity contribution in [1.82, 2.24) is 15.3 Å². The maximum absolute atomic E-state index is 13.4. The Morgan fingerprint density at radius 3 is 2.69 bits per heavy atom. The van der Waals surface area contributed by atoms with E-state index in [4.69, 9.17) is 16.3 Å². The smallest absolute Gasteiger partial charge is 0.271 e. The van der Waals surface area contributed by atoms with Gasteiger partial charge in [0.25, 0.3) is 11.8 Å². The number of aromatic hydroxyl groups is 1. The number of nitrogens with zero attached hydrogens (tertiary/aromatic N) is 3. The lowest BCUT2D eigenvalue weighted by Crippen LogP contribution is -2.38. The van der Waals surface area contributed by atoms with Gasteiger partial charge in [0.2, 0.25) is 0 Å². The number of amides is 2. The zero-order chi connectivity index (χ0) is 29.3. The predicted octanol–water partition coefficient (Wildman–Crippen LogP) is 6.12. The third-order valence-electron chi connectivity index (χ3n) is 7.09. The molecule has 1 unspecified atom stereocenters. The van der Waals surface area contributed by atoms with Crippen LogP contribution in [0.2, 0.25) is 5.02 Å². The first-order valence-corrected chi connectivity index (χ1v) is 14.2. The van der Waals surface area contributed by atoms with Crippen LogP contribution < -0.4 is 10.2 Å². The van der Waals surface area contributed by atoms with Gasteiger partial charge in [-0.15, -0.1) is 0 Å². The first-order valence-electron chi connectivity index (χ1n) is 13.8. The molecule has 214 valence electrons. The molecule has 2 amide bonds. The van der Waals surface area contributed by atoms with Gasteiger partial charge in [0.05, 0.1) is 23.5 Å². The van der Waals surface area contributed by atoms with Gasteiger partial charge < -0.3 is 14.7 Å². The number of allylic oxidation sites excluding steroid dienone is 1. The van der Waals surface area contributed by atoms with Gasteiger partial charge in [-0.1, -0.05) is 54.1 Å². The summed E-state index contributed by atoms with van der Waals surface area (Å²) in [6.45, 7) is 0.936. The van der Waals surface area contributed by atoms with Crippen molar-refractivity contribution in [3.05, 3.63) is 113 Å². The second kappa shape index (κ2) is 13.8. The average Bonchev–Trinajstić information content (AvgIpc) is 3.02. The van der Waals surface area contributed by atoms with Gasteiger partial charge >= 0.3 is 0 Å². The quantitative estimate of drug-likeness (QED) is 0.133. The lowest BCUT2D eigenvalue weighted by Gasteiger charge is -2.27. The predicted molar refractivity (Wildman–Crippen MR) is 164 cm³/mol. The third kappa shape index (κ3) is 7.33. The van der Waals surface area contributed by atoms with E-state index in [1.165, 1.54) is 18.2 Å². The molecule has 0 saturated heterocycles. The molecule has 0 aliphatic heterocycles. The number of pyridine rings is 1. The number of aromatic nitrogens is 1. The van der Waals surface area contributed by atoms with E-state index >= 15 is 0 Å². The second-order valence-corrected chi connectivity index (χ2v) is 10.5. The number of carbonyl (C=O) groups is 2. The number of halogens is 1. The Labute approximate surface area is 249 Å². The standard InChI is InChI=1S/C33H31ClN4O4/c34-29-18-24(13-15-30(29)39)33(41)37-36-19-25-14-16-31(28-12-5-4-11-27(25)28)42-22-32(40)38(20-23-8-2-1-3-9-23)21-26-10-6-7-17-35-26/h2,4-8,10-19,23,39H,1,3,9,20-22H2,(H,37,41)/b36-19+. The number of nitrogens with one attached hydrogen (secondary N) is 1. The summed E-state index contributed by atoms with van der Waals surface area (Å²) < 4.78 is 6.09. The molecule has 0 saturated carbocycles. The largest absolute Gasteiger partial charge is 0.506 e. The molecule has 4 aromatic rings. The molecule has 1 atom stereocenters. The normalized spacial score (nSPS) is 14.6. The van der Waals surface area contributed by atoms with Crippen molar-refractivity contribution in [2.24, 2.45) is 11.0 Å². The molecule has 0 spiro atoms. The molecule has 0 radical (unpaired) electrons. The molecule has 0 fully saturated rings. The van der Waals surface area contributed by atoms with Gasteiger partial charge in [0.1, 0.15) is 11.5 Å². The Morgan fingerprint density at radius 1 is 1.10 bits per heavy atom. The fraction of sp³-hybridized carbons (Fsp3) is 0.212. The van der Waals surface area contributed by atoms with E-state index in [0.717, 1.165) is 41.3 Å². The molecular weight excluding hydrogens is 552 g/mol. The first-order chi connectivity index (χ1) is 20.5. The number of hydrogen-bond acceptors (Lipinski definition) is 6. The molecule has 9 heteroatoms. The van der Waals surface area contributed by atoms with Gasteiger partial charge in [0, 0.05) is 29.3 Å². The van der Waals surface area contributed by atoms with Crippen molar-refractivity contribution in [2.75, 3.05) is 13.2 Å². The number of hydrazone groups is 1. The zero-order valence-electron chi connectivity index (χ0n) is 22.9. The van der Waals surface area contributed by atoms with Gasteiger partial charge in [-0.2, -0.15) is 5.10 Å². The fourth-order valence-electron chi connectivity index (χ4n) is 4.90. The number of hydrogen-bond donors (Lipinski definition) is 2. The van der Waals surface area contributed by atoms with E-state index in [0.29, 0.717) is 24.8 Å². The van der Waals surface area contributed by atoms with Crippen LogP contribution in [0.25, 0.3) is 10.8 Å². The van der Waals surface area contributed by atoms with Gasteiger partial charge in [-0.3, -0.25) is 14.6 Å². The van der Waals surface area contributed by atoms with Crippen LogP contribution in [-0.2, 0) is 11.3 Å². The summed E-state index contributed by atoms with van der Waals surface area (Å²) >= 11 is 5.90. The number of carbonyl (C=O) groups excluding carboxylic acids is 2. The summed E-state index contributed by atoms with van der Waals surface area (Å²) in [5.74, 6) is 0.224. The molecule has 1 aliphatic rings. The van der Waals surface area contributed by atoms with Gasteiger partial charge in [0.15, 0.2) is 6.61 Å². The minimum Gasteiger partial charge on any atom is -0.506 e. The highest BCUT2D eigenvalue weighted by Gasteiger charge is 2.21. The summed E-state index contributed by atoms with van der Waals surface area (Å²) in [4.78, 5) is 32.1. The Bertz CT molecular complexity index is 1620. The molecule has 3 aromatic carbocycles. The second-order valence-electron chi connectivity index (χ2n) is 10.1. The van der Waals surface area contributed by atoms with E-state index in [-0.39, 0.29) is 28.8 Å². The van der Waals surface area contributed by atoms with E-state index in [9.17, 15) is 14.7 Å². The number of fused-ring (bicyclic) bond motifs is 1. The summed E-state index contributed by atoms with van der Waals surface area (Å²) in [5.41, 5.74) is 4.34. The van der Waals surface area contributed by atoms with Gasteiger partial charge in [-0.05, 0) is 73.0 Å². The number of phenolic OH excluding ortho intramolecular Hbond substituents is 1. The van der Waals surface area contributed by atoms with E-state index < -0.39 is 5.91 Å². The van der Waals surface area contributed by atoms with E-state index in [1.54, 1.807) is 18.5 Å². The Hall–Kier alpha value is -4.69. The van der Waals surface area contributed by atoms with Crippen LogP contribution in [0.15, 0.2) is 96.2 Å². The monoisotopic (exact) mass is 582 g/mol. The van der Waals surface area contributed by atoms with Crippen molar-refractivity contribution in [3.63, 3.8) is 0 Å². The minimum absolute atomic E-state index is 0.0809. The summed E-state index contributed by atoms with van der Waals surface area (Å²) in [6, 6.07) is 21.2. The van der Waals surface area contributed by atoms with Crippen LogP contribution in [0.5, 0.6) is 11.5 Å². The maximum atomic E-state index is 13.4. The lowest BCUT2D eigenvalue weighted by molar-refractivity contribution is -0.134. The molecule has 1 aromatic heterocycles. The molecule has 8 nitrogen and oxygen atoms in total. The molecule has 2 N–H and O–H groups in total. The van der Waals surface area contributed by atoms with E-state index in [1.807, 2.05) is 53.4 Å². The Kier molecular flexibility index (Phi) is 9.46. The van der Waals surface area contributed by atoms with Crippen LogP contribution in [-0.4, -0.2) is 46.2 Å². The lowest BCUT2D eigenvalue weighted by atomic mass is 9.95. The van der Waals surface area contributed by atoms with Crippen LogP contribution in [0.4, 0.5) is 0 Å². The minimum atomic E-state index is -0.463. The highest BCUT2D eigenvalue weighted by Crippen LogP contribution is 2.28. The van der Waals surface area contributed by atoms with Gasteiger partial charge in [-0.25, -0.2) is 5.43 Å². The van der Waals surface area contributed by atoms with Crippen LogP contribution >= 0.6 is 11.6 Å². The summed E-state index contributed by atoms with van der Waals surface area (Å²) in [7, 11) is 0.